The van der Waals surface area contributed by atoms with Gasteiger partial charge < -0.3 is 9.16 Å². The smallest absolute Gasteiger partial charge is 0.192 e. The molecule has 0 N–H and O–H groups in total. The number of hydrogen-bond donors (Lipinski definition) is 0. The largest absolute Gasteiger partial charge is 0.414 e. The van der Waals surface area contributed by atoms with Gasteiger partial charge in [-0.25, -0.2) is 19.3 Å². The Morgan fingerprint density at radius 2 is 2.08 bits per heavy atom. The zero-order chi connectivity index (χ0) is 18.4. The van der Waals surface area contributed by atoms with Gasteiger partial charge in [0.1, 0.15) is 18.0 Å². The summed E-state index contributed by atoms with van der Waals surface area (Å²) < 4.78 is 28.3. The number of alkyl halides is 1. The minimum absolute atomic E-state index is 0.105. The van der Waals surface area contributed by atoms with E-state index in [1.54, 1.807) is 4.57 Å². The fourth-order valence-corrected chi connectivity index (χ4v) is 3.79. The molecular formula is C16H24ClFN4O2Si. The Morgan fingerprint density at radius 3 is 2.76 bits per heavy atom. The van der Waals surface area contributed by atoms with Crippen LogP contribution in [0.25, 0.3) is 11.2 Å². The highest BCUT2D eigenvalue weighted by Crippen LogP contribution is 2.38. The van der Waals surface area contributed by atoms with Crippen LogP contribution >= 0.6 is 11.6 Å². The summed E-state index contributed by atoms with van der Waals surface area (Å²) in [4.78, 5) is 12.2. The van der Waals surface area contributed by atoms with Gasteiger partial charge in [0.15, 0.2) is 25.3 Å². The summed E-state index contributed by atoms with van der Waals surface area (Å²) in [7, 11) is -1.89. The Bertz CT molecular complexity index is 764. The lowest BCUT2D eigenvalue weighted by Gasteiger charge is -2.36. The second kappa shape index (κ2) is 6.57. The minimum atomic E-state index is -1.89. The van der Waals surface area contributed by atoms with Crippen molar-refractivity contribution in [2.75, 3.05) is 6.61 Å². The van der Waals surface area contributed by atoms with Crippen molar-refractivity contribution in [3.05, 3.63) is 17.8 Å². The van der Waals surface area contributed by atoms with E-state index in [0.717, 1.165) is 0 Å². The van der Waals surface area contributed by atoms with E-state index in [0.29, 0.717) is 17.8 Å². The molecule has 9 heteroatoms. The fraction of sp³-hybridized carbons (Fsp3) is 0.688. The molecule has 6 nitrogen and oxygen atoms in total. The van der Waals surface area contributed by atoms with E-state index in [1.165, 1.54) is 12.7 Å². The highest BCUT2D eigenvalue weighted by atomic mass is 35.5. The van der Waals surface area contributed by atoms with E-state index >= 15 is 0 Å². The quantitative estimate of drug-likeness (QED) is 0.584. The first-order valence-electron chi connectivity index (χ1n) is 8.36. The normalized spacial score (nSPS) is 25.0. The summed E-state index contributed by atoms with van der Waals surface area (Å²) in [5.74, 6) is 0. The number of ether oxygens (including phenoxy) is 1. The number of imidazole rings is 1. The van der Waals surface area contributed by atoms with Gasteiger partial charge in [-0.2, -0.15) is 0 Å². The van der Waals surface area contributed by atoms with Crippen LogP contribution in [0.4, 0.5) is 4.39 Å². The first kappa shape index (κ1) is 18.7. The van der Waals surface area contributed by atoms with Crippen LogP contribution < -0.4 is 0 Å². The summed E-state index contributed by atoms with van der Waals surface area (Å²) in [6.07, 6.45) is 0.910. The van der Waals surface area contributed by atoms with Crippen molar-refractivity contribution in [3.8, 4) is 0 Å². The van der Waals surface area contributed by atoms with Crippen LogP contribution in [-0.2, 0) is 9.16 Å². The van der Waals surface area contributed by atoms with Crippen LogP contribution in [0, 0.1) is 0 Å². The standard InChI is InChI=1S/C16H24ClFN4O2Si/c1-16(2,3)25(4,5)23-7-10-6-11(18)15(24-10)22-9-21-12-13(17)19-8-20-14(12)22/h8-11,15H,6-7H2,1-5H3/t10-,11-,15+/m0/s1. The molecule has 2 aromatic heterocycles. The number of aromatic nitrogens is 4. The van der Waals surface area contributed by atoms with Gasteiger partial charge in [0.25, 0.3) is 0 Å². The van der Waals surface area contributed by atoms with E-state index in [2.05, 4.69) is 48.8 Å². The van der Waals surface area contributed by atoms with E-state index in [9.17, 15) is 4.39 Å². The lowest BCUT2D eigenvalue weighted by molar-refractivity contribution is -0.0331. The number of nitrogens with zero attached hydrogens (tertiary/aromatic N) is 4. The van der Waals surface area contributed by atoms with Crippen LogP contribution in [0.5, 0.6) is 0 Å². The Labute approximate surface area is 152 Å². The molecule has 0 amide bonds. The summed E-state index contributed by atoms with van der Waals surface area (Å²) in [6.45, 7) is 11.3. The van der Waals surface area contributed by atoms with E-state index in [1.807, 2.05) is 0 Å². The van der Waals surface area contributed by atoms with Crippen LogP contribution in [0.2, 0.25) is 23.3 Å². The van der Waals surface area contributed by atoms with Gasteiger partial charge in [-0.3, -0.25) is 4.57 Å². The minimum Gasteiger partial charge on any atom is -0.414 e. The third kappa shape index (κ3) is 3.58. The highest BCUT2D eigenvalue weighted by molar-refractivity contribution is 6.74. The summed E-state index contributed by atoms with van der Waals surface area (Å²) >= 11 is 6.01. The molecule has 3 rings (SSSR count). The van der Waals surface area contributed by atoms with Gasteiger partial charge in [0, 0.05) is 6.42 Å². The lowest BCUT2D eigenvalue weighted by atomic mass is 10.2. The molecule has 3 atom stereocenters. The van der Waals surface area contributed by atoms with Gasteiger partial charge in [0.05, 0.1) is 19.0 Å². The maximum Gasteiger partial charge on any atom is 0.192 e. The van der Waals surface area contributed by atoms with Crippen LogP contribution in [0.1, 0.15) is 33.4 Å². The molecule has 1 fully saturated rings. The second-order valence-electron chi connectivity index (χ2n) is 7.96. The molecule has 1 aliphatic heterocycles. The van der Waals surface area contributed by atoms with Crippen molar-refractivity contribution in [1.82, 2.24) is 19.5 Å². The predicted octanol–water partition coefficient (Wildman–Crippen LogP) is 4.13. The number of halogens is 2. The molecule has 0 saturated carbocycles. The summed E-state index contributed by atoms with van der Waals surface area (Å²) in [5.41, 5.74) is 0.916. The zero-order valence-corrected chi connectivity index (χ0v) is 16.9. The topological polar surface area (TPSA) is 62.1 Å². The zero-order valence-electron chi connectivity index (χ0n) is 15.2. The molecule has 3 heterocycles. The van der Waals surface area contributed by atoms with Crippen molar-refractivity contribution in [1.29, 1.82) is 0 Å². The van der Waals surface area contributed by atoms with Crippen molar-refractivity contribution < 1.29 is 13.6 Å². The molecular weight excluding hydrogens is 363 g/mol. The van der Waals surface area contributed by atoms with E-state index in [-0.39, 0.29) is 22.7 Å². The van der Waals surface area contributed by atoms with Crippen molar-refractivity contribution in [3.63, 3.8) is 0 Å². The Balaban J connectivity index is 1.72. The molecule has 0 radical (unpaired) electrons. The average Bonchev–Trinajstić information content (AvgIpc) is 3.08. The third-order valence-electron chi connectivity index (χ3n) is 5.15. The van der Waals surface area contributed by atoms with Crippen molar-refractivity contribution in [2.24, 2.45) is 0 Å². The predicted molar refractivity (Wildman–Crippen MR) is 96.9 cm³/mol. The molecule has 138 valence electrons. The van der Waals surface area contributed by atoms with Crippen LogP contribution in [0.15, 0.2) is 12.7 Å². The molecule has 0 aromatic carbocycles. The Morgan fingerprint density at radius 1 is 1.36 bits per heavy atom. The summed E-state index contributed by atoms with van der Waals surface area (Å²) in [5, 5.41) is 0.351. The number of fused-ring (bicyclic) bond motifs is 1. The fourth-order valence-electron chi connectivity index (χ4n) is 2.58. The maximum atomic E-state index is 14.6. The van der Waals surface area contributed by atoms with Gasteiger partial charge in [-0.05, 0) is 18.1 Å². The molecule has 2 aromatic rings. The second-order valence-corrected chi connectivity index (χ2v) is 13.1. The van der Waals surface area contributed by atoms with Crippen LogP contribution in [0.3, 0.4) is 0 Å². The first-order chi connectivity index (χ1) is 11.6. The Kier molecular flexibility index (Phi) is 4.91. The average molecular weight is 387 g/mol. The number of hydrogen-bond acceptors (Lipinski definition) is 5. The molecule has 25 heavy (non-hydrogen) atoms. The van der Waals surface area contributed by atoms with Gasteiger partial charge in [0.2, 0.25) is 0 Å². The Hall–Kier alpha value is -1.09. The van der Waals surface area contributed by atoms with Crippen molar-refractivity contribution >= 4 is 31.1 Å². The lowest BCUT2D eigenvalue weighted by Crippen LogP contribution is -2.42. The van der Waals surface area contributed by atoms with Gasteiger partial charge >= 0.3 is 0 Å². The van der Waals surface area contributed by atoms with E-state index < -0.39 is 20.7 Å². The highest BCUT2D eigenvalue weighted by Gasteiger charge is 2.41. The molecule has 1 saturated heterocycles. The van der Waals surface area contributed by atoms with Crippen molar-refractivity contribution in [2.45, 2.75) is 63.8 Å². The van der Waals surface area contributed by atoms with E-state index in [4.69, 9.17) is 20.8 Å². The SMILES string of the molecule is CC(C)(C)[Si](C)(C)OC[C@@H]1C[C@H](F)[C@H](n2cnc3c(Cl)ncnc32)O1. The molecule has 0 unspecified atom stereocenters. The third-order valence-corrected chi connectivity index (χ3v) is 9.93. The first-order valence-corrected chi connectivity index (χ1v) is 11.7. The molecule has 0 aliphatic carbocycles. The molecule has 1 aliphatic rings. The van der Waals surface area contributed by atoms with Gasteiger partial charge in [-0.15, -0.1) is 0 Å². The van der Waals surface area contributed by atoms with Gasteiger partial charge in [-0.1, -0.05) is 32.4 Å². The molecule has 0 bridgehead atoms. The summed E-state index contributed by atoms with van der Waals surface area (Å²) in [6, 6.07) is 0. The molecule has 0 spiro atoms. The maximum absolute atomic E-state index is 14.6. The van der Waals surface area contributed by atoms with Crippen LogP contribution in [-0.4, -0.2) is 46.7 Å². The monoisotopic (exact) mass is 386 g/mol. The number of rotatable bonds is 4.